The molecular formula is C16H12N2S3. The van der Waals surface area contributed by atoms with Crippen molar-refractivity contribution in [3.63, 3.8) is 0 Å². The number of nitrogens with zero attached hydrogens (tertiary/aromatic N) is 2. The minimum atomic E-state index is 1.02. The van der Waals surface area contributed by atoms with E-state index in [9.17, 15) is 0 Å². The Labute approximate surface area is 134 Å². The molecule has 0 aromatic carbocycles. The third-order valence-electron chi connectivity index (χ3n) is 3.26. The largest absolute Gasteiger partial charge is 0.251 e. The molecule has 0 radical (unpaired) electrons. The fourth-order valence-corrected chi connectivity index (χ4v) is 5.47. The Balaban J connectivity index is 2.01. The van der Waals surface area contributed by atoms with Crippen LogP contribution in [-0.2, 0) is 0 Å². The van der Waals surface area contributed by atoms with Crippen LogP contribution in [0.1, 0.15) is 9.75 Å². The summed E-state index contributed by atoms with van der Waals surface area (Å²) in [6.07, 6.45) is 3.56. The molecule has 2 nitrogen and oxygen atoms in total. The van der Waals surface area contributed by atoms with Crippen molar-refractivity contribution in [1.82, 2.24) is 9.97 Å². The van der Waals surface area contributed by atoms with Crippen LogP contribution in [0.5, 0.6) is 0 Å². The SMILES string of the molecule is Cc1ccc(-c2sc(-c3ccc(C)s3)c3nccnc23)s1. The minimum Gasteiger partial charge on any atom is -0.251 e. The van der Waals surface area contributed by atoms with Crippen LogP contribution in [0.25, 0.3) is 30.5 Å². The lowest BCUT2D eigenvalue weighted by Gasteiger charge is -1.92. The molecule has 0 amide bonds. The first-order valence-corrected chi connectivity index (χ1v) is 9.04. The zero-order chi connectivity index (χ0) is 14.4. The molecule has 0 atom stereocenters. The molecule has 0 aliphatic heterocycles. The van der Waals surface area contributed by atoms with Gasteiger partial charge in [0.15, 0.2) is 0 Å². The monoisotopic (exact) mass is 328 g/mol. The maximum Gasteiger partial charge on any atom is 0.109 e. The lowest BCUT2D eigenvalue weighted by atomic mass is 10.3. The first-order chi connectivity index (χ1) is 10.2. The number of hydrogen-bond acceptors (Lipinski definition) is 5. The van der Waals surface area contributed by atoms with Gasteiger partial charge in [0.05, 0.1) is 9.75 Å². The van der Waals surface area contributed by atoms with E-state index < -0.39 is 0 Å². The maximum absolute atomic E-state index is 4.58. The van der Waals surface area contributed by atoms with Gasteiger partial charge in [-0.05, 0) is 38.1 Å². The molecule has 0 saturated heterocycles. The Morgan fingerprint density at radius 3 is 1.52 bits per heavy atom. The molecule has 5 heteroatoms. The zero-order valence-electron chi connectivity index (χ0n) is 11.6. The van der Waals surface area contributed by atoms with Gasteiger partial charge in [-0.3, -0.25) is 9.97 Å². The van der Waals surface area contributed by atoms with Gasteiger partial charge >= 0.3 is 0 Å². The molecule has 0 fully saturated rings. The molecule has 0 spiro atoms. The summed E-state index contributed by atoms with van der Waals surface area (Å²) in [5.41, 5.74) is 2.04. The normalized spacial score (nSPS) is 11.3. The van der Waals surface area contributed by atoms with E-state index in [1.165, 1.54) is 29.3 Å². The summed E-state index contributed by atoms with van der Waals surface area (Å²) in [6.45, 7) is 4.28. The molecule has 4 rings (SSSR count). The van der Waals surface area contributed by atoms with Crippen LogP contribution in [0, 0.1) is 13.8 Å². The summed E-state index contributed by atoms with van der Waals surface area (Å²) in [4.78, 5) is 16.8. The summed E-state index contributed by atoms with van der Waals surface area (Å²) >= 11 is 5.43. The molecule has 4 aromatic rings. The number of aromatic nitrogens is 2. The first-order valence-electron chi connectivity index (χ1n) is 6.59. The second-order valence-corrected chi connectivity index (χ2v) is 8.43. The van der Waals surface area contributed by atoms with Gasteiger partial charge in [0.1, 0.15) is 11.0 Å². The second-order valence-electron chi connectivity index (χ2n) is 4.83. The van der Waals surface area contributed by atoms with Crippen LogP contribution in [0.2, 0.25) is 0 Å². The molecule has 0 aliphatic carbocycles. The molecule has 0 bridgehead atoms. The number of fused-ring (bicyclic) bond motifs is 1. The van der Waals surface area contributed by atoms with Crippen LogP contribution in [-0.4, -0.2) is 9.97 Å². The topological polar surface area (TPSA) is 25.8 Å². The maximum atomic E-state index is 4.58. The lowest BCUT2D eigenvalue weighted by molar-refractivity contribution is 1.31. The number of thiophene rings is 3. The van der Waals surface area contributed by atoms with Gasteiger partial charge in [0.2, 0.25) is 0 Å². The highest BCUT2D eigenvalue weighted by Gasteiger charge is 2.18. The van der Waals surface area contributed by atoms with Gasteiger partial charge in [-0.1, -0.05) is 0 Å². The Morgan fingerprint density at radius 1 is 0.667 bits per heavy atom. The molecule has 0 unspecified atom stereocenters. The highest BCUT2D eigenvalue weighted by atomic mass is 32.1. The molecule has 4 aromatic heterocycles. The number of hydrogen-bond donors (Lipinski definition) is 0. The second kappa shape index (κ2) is 5.02. The van der Waals surface area contributed by atoms with Crippen LogP contribution in [0.3, 0.4) is 0 Å². The van der Waals surface area contributed by atoms with E-state index in [0.717, 1.165) is 11.0 Å². The summed E-state index contributed by atoms with van der Waals surface area (Å²) in [7, 11) is 0. The Kier molecular flexibility index (Phi) is 3.14. The number of aryl methyl sites for hydroxylation is 2. The van der Waals surface area contributed by atoms with Gasteiger partial charge in [-0.15, -0.1) is 34.0 Å². The van der Waals surface area contributed by atoms with Gasteiger partial charge in [0.25, 0.3) is 0 Å². The van der Waals surface area contributed by atoms with E-state index >= 15 is 0 Å². The van der Waals surface area contributed by atoms with Crippen molar-refractivity contribution in [1.29, 1.82) is 0 Å². The van der Waals surface area contributed by atoms with Crippen molar-refractivity contribution in [2.24, 2.45) is 0 Å². The van der Waals surface area contributed by atoms with E-state index in [2.05, 4.69) is 48.1 Å². The fourth-order valence-electron chi connectivity index (χ4n) is 2.32. The highest BCUT2D eigenvalue weighted by molar-refractivity contribution is 7.27. The van der Waals surface area contributed by atoms with Crippen LogP contribution in [0.4, 0.5) is 0 Å². The van der Waals surface area contributed by atoms with Crippen molar-refractivity contribution in [2.75, 3.05) is 0 Å². The molecule has 0 N–H and O–H groups in total. The molecular weight excluding hydrogens is 316 g/mol. The molecule has 0 aliphatic rings. The third-order valence-corrected chi connectivity index (χ3v) is 6.79. The quantitative estimate of drug-likeness (QED) is 0.467. The highest BCUT2D eigenvalue weighted by Crippen LogP contribution is 2.45. The van der Waals surface area contributed by atoms with Gasteiger partial charge in [-0.25, -0.2) is 0 Å². The molecule has 104 valence electrons. The Morgan fingerprint density at radius 2 is 1.14 bits per heavy atom. The van der Waals surface area contributed by atoms with E-state index in [1.807, 2.05) is 22.7 Å². The van der Waals surface area contributed by atoms with Crippen molar-refractivity contribution in [3.05, 3.63) is 46.4 Å². The minimum absolute atomic E-state index is 1.02. The summed E-state index contributed by atoms with van der Waals surface area (Å²) in [6, 6.07) is 8.70. The Bertz CT molecular complexity index is 856. The first kappa shape index (κ1) is 13.1. The standard InChI is InChI=1S/C16H12N2S3/c1-9-3-5-11(19-9)15-13-14(18-8-7-17-13)16(21-15)12-6-4-10(2)20-12/h3-8H,1-2H3. The average Bonchev–Trinajstić information content (AvgIpc) is 3.17. The van der Waals surface area contributed by atoms with Gasteiger partial charge < -0.3 is 0 Å². The predicted octanol–water partition coefficient (Wildman–Crippen LogP) is 5.77. The predicted molar refractivity (Wildman–Crippen MR) is 93.5 cm³/mol. The van der Waals surface area contributed by atoms with E-state index in [1.54, 1.807) is 23.7 Å². The van der Waals surface area contributed by atoms with Crippen molar-refractivity contribution < 1.29 is 0 Å². The fraction of sp³-hybridized carbons (Fsp3) is 0.125. The van der Waals surface area contributed by atoms with E-state index in [4.69, 9.17) is 0 Å². The van der Waals surface area contributed by atoms with Crippen molar-refractivity contribution in [3.8, 4) is 19.5 Å². The number of rotatable bonds is 2. The Hall–Kier alpha value is -1.56. The van der Waals surface area contributed by atoms with E-state index in [-0.39, 0.29) is 0 Å². The average molecular weight is 328 g/mol. The van der Waals surface area contributed by atoms with Gasteiger partial charge in [0, 0.05) is 31.9 Å². The van der Waals surface area contributed by atoms with Crippen molar-refractivity contribution >= 4 is 45.0 Å². The molecule has 4 heterocycles. The summed E-state index contributed by atoms with van der Waals surface area (Å²) < 4.78 is 0. The third kappa shape index (κ3) is 2.21. The van der Waals surface area contributed by atoms with Crippen LogP contribution in [0.15, 0.2) is 36.7 Å². The lowest BCUT2D eigenvalue weighted by Crippen LogP contribution is -1.79. The van der Waals surface area contributed by atoms with Crippen LogP contribution < -0.4 is 0 Å². The smallest absolute Gasteiger partial charge is 0.109 e. The van der Waals surface area contributed by atoms with E-state index in [0.29, 0.717) is 0 Å². The zero-order valence-corrected chi connectivity index (χ0v) is 14.0. The molecule has 21 heavy (non-hydrogen) atoms. The molecule has 0 saturated carbocycles. The van der Waals surface area contributed by atoms with Gasteiger partial charge in [-0.2, -0.15) is 0 Å². The van der Waals surface area contributed by atoms with Crippen molar-refractivity contribution in [2.45, 2.75) is 13.8 Å². The summed E-state index contributed by atoms with van der Waals surface area (Å²) in [5, 5.41) is 0. The summed E-state index contributed by atoms with van der Waals surface area (Å²) in [5.74, 6) is 0. The van der Waals surface area contributed by atoms with Crippen LogP contribution >= 0.6 is 34.0 Å².